The highest BCUT2D eigenvalue weighted by Crippen LogP contribution is 2.00. The molecule has 0 saturated heterocycles. The minimum absolute atomic E-state index is 0.612. The first kappa shape index (κ1) is 12.0. The molecule has 0 aliphatic rings. The van der Waals surface area contributed by atoms with Crippen LogP contribution in [0.4, 0.5) is 5.82 Å². The molecule has 1 rings (SSSR count). The zero-order chi connectivity index (χ0) is 11.1. The summed E-state index contributed by atoms with van der Waals surface area (Å²) in [5, 5.41) is 3.31. The summed E-state index contributed by atoms with van der Waals surface area (Å²) in [6, 6.07) is 6.53. The maximum absolute atomic E-state index is 4.22. The highest BCUT2D eigenvalue weighted by atomic mass is 15.2. The molecule has 1 aromatic heterocycles. The van der Waals surface area contributed by atoms with E-state index in [1.807, 2.05) is 24.4 Å². The van der Waals surface area contributed by atoms with Crippen LogP contribution in [0, 0.1) is 0 Å². The molecule has 0 spiro atoms. The summed E-state index contributed by atoms with van der Waals surface area (Å²) in [7, 11) is 0. The Morgan fingerprint density at radius 3 is 2.73 bits per heavy atom. The quantitative estimate of drug-likeness (QED) is 0.775. The van der Waals surface area contributed by atoms with E-state index < -0.39 is 0 Å². The van der Waals surface area contributed by atoms with E-state index in [1.165, 1.54) is 0 Å². The molecule has 1 aromatic rings. The Balaban J connectivity index is 2.27. The third kappa shape index (κ3) is 4.30. The van der Waals surface area contributed by atoms with Gasteiger partial charge >= 0.3 is 0 Å². The molecule has 0 aliphatic carbocycles. The maximum atomic E-state index is 4.22. The van der Waals surface area contributed by atoms with Crippen LogP contribution in [0.15, 0.2) is 24.4 Å². The van der Waals surface area contributed by atoms with Gasteiger partial charge in [0.05, 0.1) is 0 Å². The summed E-state index contributed by atoms with van der Waals surface area (Å²) < 4.78 is 0. The van der Waals surface area contributed by atoms with Crippen molar-refractivity contribution in [1.82, 2.24) is 9.88 Å². The van der Waals surface area contributed by atoms with Crippen molar-refractivity contribution in [3.05, 3.63) is 24.4 Å². The smallest absolute Gasteiger partial charge is 0.125 e. The average Bonchev–Trinajstić information content (AvgIpc) is 2.25. The second-order valence-corrected chi connectivity index (χ2v) is 3.86. The number of aromatic nitrogens is 1. The fourth-order valence-corrected chi connectivity index (χ4v) is 1.58. The molecule has 0 aliphatic heterocycles. The zero-order valence-electron chi connectivity index (χ0n) is 9.90. The van der Waals surface area contributed by atoms with E-state index in [9.17, 15) is 0 Å². The van der Waals surface area contributed by atoms with Crippen LogP contribution in [-0.2, 0) is 0 Å². The first-order valence-corrected chi connectivity index (χ1v) is 5.63. The summed E-state index contributed by atoms with van der Waals surface area (Å²) in [5.41, 5.74) is 0. The number of anilines is 1. The van der Waals surface area contributed by atoms with Gasteiger partial charge in [-0.15, -0.1) is 0 Å². The Hall–Kier alpha value is -1.09. The van der Waals surface area contributed by atoms with Crippen LogP contribution in [0.3, 0.4) is 0 Å². The molecular weight excluding hydrogens is 186 g/mol. The number of nitrogens with one attached hydrogen (secondary N) is 1. The molecule has 0 bridgehead atoms. The first-order valence-electron chi connectivity index (χ1n) is 5.63. The van der Waals surface area contributed by atoms with Crippen LogP contribution in [0.25, 0.3) is 0 Å². The second kappa shape index (κ2) is 6.40. The molecule has 1 N–H and O–H groups in total. The Kier molecular flexibility index (Phi) is 5.12. The predicted molar refractivity (Wildman–Crippen MR) is 65.1 cm³/mol. The van der Waals surface area contributed by atoms with Crippen molar-refractivity contribution in [3.63, 3.8) is 0 Å². The van der Waals surface area contributed by atoms with Crippen LogP contribution >= 0.6 is 0 Å². The molecule has 1 heterocycles. The molecular formula is C12H21N3. The predicted octanol–water partition coefficient (Wildman–Crippen LogP) is 2.22. The highest BCUT2D eigenvalue weighted by Gasteiger charge is 2.05. The average molecular weight is 207 g/mol. The number of hydrogen-bond donors (Lipinski definition) is 1. The Bertz CT molecular complexity index is 259. The lowest BCUT2D eigenvalue weighted by Crippen LogP contribution is -2.34. The molecule has 0 saturated carbocycles. The number of pyridine rings is 1. The van der Waals surface area contributed by atoms with E-state index in [0.29, 0.717) is 6.04 Å². The summed E-state index contributed by atoms with van der Waals surface area (Å²) in [4.78, 5) is 6.64. The Morgan fingerprint density at radius 1 is 1.40 bits per heavy atom. The van der Waals surface area contributed by atoms with E-state index in [2.05, 4.69) is 36.0 Å². The molecule has 3 heteroatoms. The van der Waals surface area contributed by atoms with Crippen molar-refractivity contribution >= 4 is 5.82 Å². The highest BCUT2D eigenvalue weighted by molar-refractivity contribution is 5.32. The third-order valence-corrected chi connectivity index (χ3v) is 2.51. The summed E-state index contributed by atoms with van der Waals surface area (Å²) in [6.45, 7) is 9.75. The van der Waals surface area contributed by atoms with E-state index in [1.54, 1.807) is 0 Å². The minimum atomic E-state index is 0.612. The Labute approximate surface area is 92.5 Å². The summed E-state index contributed by atoms with van der Waals surface area (Å²) in [5.74, 6) is 0.956. The molecule has 0 amide bonds. The lowest BCUT2D eigenvalue weighted by Gasteiger charge is -2.24. The van der Waals surface area contributed by atoms with Gasteiger partial charge in [0.15, 0.2) is 0 Å². The van der Waals surface area contributed by atoms with Gasteiger partial charge in [-0.1, -0.05) is 13.0 Å². The van der Waals surface area contributed by atoms with Crippen molar-refractivity contribution in [2.75, 3.05) is 25.0 Å². The molecule has 84 valence electrons. The van der Waals surface area contributed by atoms with Gasteiger partial charge < -0.3 is 5.32 Å². The Morgan fingerprint density at radius 2 is 2.20 bits per heavy atom. The fraction of sp³-hybridized carbons (Fsp3) is 0.583. The van der Waals surface area contributed by atoms with E-state index >= 15 is 0 Å². The molecule has 15 heavy (non-hydrogen) atoms. The normalized spacial score (nSPS) is 11.0. The lowest BCUT2D eigenvalue weighted by molar-refractivity contribution is 0.243. The van der Waals surface area contributed by atoms with Gasteiger partial charge in [-0.05, 0) is 32.5 Å². The monoisotopic (exact) mass is 207 g/mol. The topological polar surface area (TPSA) is 28.2 Å². The van der Waals surface area contributed by atoms with Crippen LogP contribution in [0.5, 0.6) is 0 Å². The van der Waals surface area contributed by atoms with E-state index in [0.717, 1.165) is 25.5 Å². The van der Waals surface area contributed by atoms with Gasteiger partial charge in [-0.3, -0.25) is 4.90 Å². The molecule has 3 nitrogen and oxygen atoms in total. The third-order valence-electron chi connectivity index (χ3n) is 2.51. The van der Waals surface area contributed by atoms with Crippen molar-refractivity contribution in [2.24, 2.45) is 0 Å². The first-order chi connectivity index (χ1) is 7.24. The zero-order valence-corrected chi connectivity index (χ0v) is 9.90. The second-order valence-electron chi connectivity index (χ2n) is 3.86. The molecule has 0 fully saturated rings. The number of rotatable bonds is 6. The number of likely N-dealkylation sites (N-methyl/N-ethyl adjacent to an activating group) is 1. The minimum Gasteiger partial charge on any atom is -0.369 e. The standard InChI is InChI=1S/C12H21N3/c1-4-15(11(2)3)10-9-14-12-7-5-6-8-13-12/h5-8,11H,4,9-10H2,1-3H3,(H,13,14). The molecule has 0 aromatic carbocycles. The number of nitrogens with zero attached hydrogens (tertiary/aromatic N) is 2. The van der Waals surface area contributed by atoms with Crippen LogP contribution in [0.1, 0.15) is 20.8 Å². The van der Waals surface area contributed by atoms with Crippen molar-refractivity contribution in [3.8, 4) is 0 Å². The van der Waals surface area contributed by atoms with Gasteiger partial charge in [-0.25, -0.2) is 4.98 Å². The number of hydrogen-bond acceptors (Lipinski definition) is 3. The summed E-state index contributed by atoms with van der Waals surface area (Å²) >= 11 is 0. The van der Waals surface area contributed by atoms with Crippen molar-refractivity contribution in [1.29, 1.82) is 0 Å². The van der Waals surface area contributed by atoms with Crippen molar-refractivity contribution < 1.29 is 0 Å². The van der Waals surface area contributed by atoms with Gasteiger partial charge in [0, 0.05) is 25.3 Å². The van der Waals surface area contributed by atoms with Gasteiger partial charge in [0.1, 0.15) is 5.82 Å². The van der Waals surface area contributed by atoms with Gasteiger partial charge in [-0.2, -0.15) is 0 Å². The lowest BCUT2D eigenvalue weighted by atomic mass is 10.3. The van der Waals surface area contributed by atoms with Gasteiger partial charge in [0.25, 0.3) is 0 Å². The van der Waals surface area contributed by atoms with Crippen LogP contribution < -0.4 is 5.32 Å². The SMILES string of the molecule is CCN(CCNc1ccccn1)C(C)C. The largest absolute Gasteiger partial charge is 0.369 e. The molecule has 0 radical (unpaired) electrons. The van der Waals surface area contributed by atoms with Crippen molar-refractivity contribution in [2.45, 2.75) is 26.8 Å². The fourth-order valence-electron chi connectivity index (χ4n) is 1.58. The van der Waals surface area contributed by atoms with E-state index in [4.69, 9.17) is 0 Å². The van der Waals surface area contributed by atoms with E-state index in [-0.39, 0.29) is 0 Å². The molecule has 0 atom stereocenters. The molecule has 0 unspecified atom stereocenters. The summed E-state index contributed by atoms with van der Waals surface area (Å²) in [6.07, 6.45) is 1.81. The van der Waals surface area contributed by atoms with Crippen LogP contribution in [0.2, 0.25) is 0 Å². The maximum Gasteiger partial charge on any atom is 0.125 e. The van der Waals surface area contributed by atoms with Gasteiger partial charge in [0.2, 0.25) is 0 Å². The van der Waals surface area contributed by atoms with Crippen LogP contribution in [-0.4, -0.2) is 35.6 Å².